The smallest absolute Gasteiger partial charge is 0.253 e. The summed E-state index contributed by atoms with van der Waals surface area (Å²) >= 11 is 0.825. The molecule has 156 valence electrons. The molecule has 1 aromatic heterocycles. The van der Waals surface area contributed by atoms with Gasteiger partial charge in [0.05, 0.1) is 18.0 Å². The third-order valence-electron chi connectivity index (χ3n) is 4.41. The lowest BCUT2D eigenvalue weighted by Crippen LogP contribution is -2.40. The van der Waals surface area contributed by atoms with Crippen molar-refractivity contribution in [3.8, 4) is 0 Å². The Morgan fingerprint density at radius 3 is 2.45 bits per heavy atom. The van der Waals surface area contributed by atoms with Crippen LogP contribution in [0.4, 0.5) is 11.4 Å². The molecule has 11 heteroatoms. The van der Waals surface area contributed by atoms with E-state index in [-0.39, 0.29) is 29.7 Å². The summed E-state index contributed by atoms with van der Waals surface area (Å²) < 4.78 is 30.6. The van der Waals surface area contributed by atoms with Crippen LogP contribution < -0.4 is 26.2 Å². The number of Topliss-reactive ketones (excluding diaryl/α,β-unsaturated/α-hetero) is 1. The topological polar surface area (TPSA) is 135 Å². The molecule has 9 nitrogen and oxygen atoms in total. The van der Waals surface area contributed by atoms with Crippen molar-refractivity contribution in [3.05, 3.63) is 55.2 Å². The Morgan fingerprint density at radius 1 is 1.17 bits per heavy atom. The second-order valence-corrected chi connectivity index (χ2v) is 9.70. The van der Waals surface area contributed by atoms with Gasteiger partial charge >= 0.3 is 0 Å². The molecule has 3 N–H and O–H groups in total. The highest BCUT2D eigenvalue weighted by molar-refractivity contribution is 8.16. The molecule has 2 atom stereocenters. The van der Waals surface area contributed by atoms with E-state index in [1.54, 1.807) is 13.2 Å². The molecule has 2 heterocycles. The van der Waals surface area contributed by atoms with Gasteiger partial charge in [0.1, 0.15) is 17.1 Å². The molecule has 0 aliphatic carbocycles. The van der Waals surface area contributed by atoms with Gasteiger partial charge in [0.25, 0.3) is 10.9 Å². The highest BCUT2D eigenvalue weighted by atomic mass is 32.3. The van der Waals surface area contributed by atoms with Crippen molar-refractivity contribution < 1.29 is 17.6 Å². The van der Waals surface area contributed by atoms with Gasteiger partial charge in [0, 0.05) is 6.54 Å². The molecule has 1 aromatic carbocycles. The first-order chi connectivity index (χ1) is 13.7. The Bertz CT molecular complexity index is 1140. The van der Waals surface area contributed by atoms with Gasteiger partial charge in [0.2, 0.25) is 15.8 Å². The third kappa shape index (κ3) is 4.02. The minimum absolute atomic E-state index is 0.0430. The minimum atomic E-state index is -3.84. The molecule has 0 spiro atoms. The van der Waals surface area contributed by atoms with E-state index in [4.69, 9.17) is 4.42 Å². The van der Waals surface area contributed by atoms with Crippen molar-refractivity contribution in [2.45, 2.75) is 37.8 Å². The zero-order chi connectivity index (χ0) is 21.3. The maximum absolute atomic E-state index is 12.5. The predicted molar refractivity (Wildman–Crippen MR) is 112 cm³/mol. The van der Waals surface area contributed by atoms with Crippen molar-refractivity contribution in [2.75, 3.05) is 17.2 Å². The van der Waals surface area contributed by atoms with Crippen LogP contribution in [0.5, 0.6) is 0 Å². The summed E-state index contributed by atoms with van der Waals surface area (Å²) in [4.78, 5) is 36.6. The summed E-state index contributed by atoms with van der Waals surface area (Å²) in [5.74, 6) is -0.0591. The SMILES string of the molecule is CCNS(=O)(=O)C1SC=C(Nc2c(N[C@H](CC)c3cc(C)co3)c(=O)c2=O)C1=O. The number of furan rings is 1. The van der Waals surface area contributed by atoms with E-state index in [1.807, 2.05) is 19.9 Å². The van der Waals surface area contributed by atoms with Crippen LogP contribution in [0.2, 0.25) is 0 Å². The summed E-state index contributed by atoms with van der Waals surface area (Å²) in [7, 11) is -3.84. The fourth-order valence-electron chi connectivity index (χ4n) is 2.93. The quantitative estimate of drug-likeness (QED) is 0.498. The van der Waals surface area contributed by atoms with Crippen LogP contribution in [0.3, 0.4) is 0 Å². The highest BCUT2D eigenvalue weighted by Crippen LogP contribution is 2.33. The van der Waals surface area contributed by atoms with Crippen molar-refractivity contribution in [1.29, 1.82) is 0 Å². The van der Waals surface area contributed by atoms with E-state index in [2.05, 4.69) is 15.4 Å². The first kappa shape index (κ1) is 21.3. The second kappa shape index (κ2) is 8.17. The number of carbonyl (C=O) groups is 1. The van der Waals surface area contributed by atoms with Crippen molar-refractivity contribution in [1.82, 2.24) is 4.72 Å². The molecular weight excluding hydrogens is 418 g/mol. The number of hydrogen-bond acceptors (Lipinski definition) is 9. The lowest BCUT2D eigenvalue weighted by atomic mass is 10.1. The number of aryl methyl sites for hydroxylation is 1. The first-order valence-corrected chi connectivity index (χ1v) is 11.5. The Balaban J connectivity index is 1.79. The lowest BCUT2D eigenvalue weighted by molar-refractivity contribution is -0.113. The Kier molecular flexibility index (Phi) is 6.01. The molecule has 1 unspecified atom stereocenters. The Morgan fingerprint density at radius 2 is 1.86 bits per heavy atom. The van der Waals surface area contributed by atoms with Gasteiger partial charge in [-0.2, -0.15) is 0 Å². The molecule has 0 saturated carbocycles. The Hall–Kier alpha value is -2.37. The average molecular weight is 440 g/mol. The normalized spacial score (nSPS) is 18.1. The number of nitrogens with one attached hydrogen (secondary N) is 3. The van der Waals surface area contributed by atoms with Crippen molar-refractivity contribution >= 4 is 38.9 Å². The fourth-order valence-corrected chi connectivity index (χ4v) is 5.53. The molecular formula is C18H21N3O6S2. The standard InChI is InChI=1S/C18H21N3O6S2/c1-4-10(12-6-9(3)7-27-12)20-13-14(17(24)16(13)23)21-11-8-28-18(15(11)22)29(25,26)19-5-2/h6-8,10,18-21H,4-5H2,1-3H3/t10-,18?/m1/s1. The van der Waals surface area contributed by atoms with Crippen LogP contribution in [0.15, 0.2) is 37.4 Å². The van der Waals surface area contributed by atoms with Gasteiger partial charge in [-0.25, -0.2) is 13.1 Å². The van der Waals surface area contributed by atoms with Crippen molar-refractivity contribution in [2.24, 2.45) is 0 Å². The summed E-state index contributed by atoms with van der Waals surface area (Å²) in [6.45, 7) is 5.54. The molecule has 29 heavy (non-hydrogen) atoms. The van der Waals surface area contributed by atoms with Crippen LogP contribution in [0.25, 0.3) is 0 Å². The molecule has 0 saturated heterocycles. The van der Waals surface area contributed by atoms with E-state index >= 15 is 0 Å². The van der Waals surface area contributed by atoms with E-state index < -0.39 is 31.2 Å². The Labute approximate surface area is 171 Å². The van der Waals surface area contributed by atoms with E-state index in [9.17, 15) is 22.8 Å². The van der Waals surface area contributed by atoms with E-state index in [0.29, 0.717) is 12.2 Å². The van der Waals surface area contributed by atoms with Gasteiger partial charge < -0.3 is 15.1 Å². The number of anilines is 2. The van der Waals surface area contributed by atoms with Gasteiger partial charge in [-0.15, -0.1) is 11.8 Å². The van der Waals surface area contributed by atoms with Gasteiger partial charge in [-0.1, -0.05) is 13.8 Å². The first-order valence-electron chi connectivity index (χ1n) is 8.99. The maximum atomic E-state index is 12.5. The number of ketones is 1. The second-order valence-electron chi connectivity index (χ2n) is 6.57. The van der Waals surface area contributed by atoms with Crippen LogP contribution in [-0.2, 0) is 14.8 Å². The number of allylic oxidation sites excluding steroid dienone is 1. The molecule has 2 aromatic rings. The predicted octanol–water partition coefficient (Wildman–Crippen LogP) is 1.58. The zero-order valence-electron chi connectivity index (χ0n) is 16.1. The summed E-state index contributed by atoms with van der Waals surface area (Å²) in [5.41, 5.74) is -0.598. The number of carbonyl (C=O) groups excluding carboxylic acids is 1. The molecule has 0 bridgehead atoms. The molecule has 0 amide bonds. The molecule has 0 fully saturated rings. The van der Waals surface area contributed by atoms with Crippen LogP contribution in [0.1, 0.15) is 37.6 Å². The van der Waals surface area contributed by atoms with Gasteiger partial charge in [-0.3, -0.25) is 14.4 Å². The number of hydrogen-bond donors (Lipinski definition) is 3. The molecule has 1 aliphatic heterocycles. The monoisotopic (exact) mass is 439 g/mol. The summed E-state index contributed by atoms with van der Waals surface area (Å²) in [5, 5.41) is 6.97. The minimum Gasteiger partial charge on any atom is -0.467 e. The number of sulfonamides is 1. The van der Waals surface area contributed by atoms with Crippen LogP contribution >= 0.6 is 11.8 Å². The van der Waals surface area contributed by atoms with Crippen LogP contribution in [0, 0.1) is 6.92 Å². The number of rotatable bonds is 9. The van der Waals surface area contributed by atoms with Gasteiger partial charge in [-0.05, 0) is 30.4 Å². The number of thioether (sulfide) groups is 1. The largest absolute Gasteiger partial charge is 0.467 e. The van der Waals surface area contributed by atoms with Gasteiger partial charge in [0.15, 0.2) is 4.58 Å². The van der Waals surface area contributed by atoms with E-state index in [0.717, 1.165) is 17.3 Å². The molecule has 3 rings (SSSR count). The molecule has 1 aliphatic rings. The third-order valence-corrected chi connectivity index (χ3v) is 7.80. The van der Waals surface area contributed by atoms with Crippen LogP contribution in [-0.4, -0.2) is 25.3 Å². The van der Waals surface area contributed by atoms with Crippen molar-refractivity contribution in [3.63, 3.8) is 0 Å². The average Bonchev–Trinajstić information content (AvgIpc) is 3.27. The lowest BCUT2D eigenvalue weighted by Gasteiger charge is -2.20. The zero-order valence-corrected chi connectivity index (χ0v) is 17.7. The maximum Gasteiger partial charge on any atom is 0.253 e. The fraction of sp³-hybridized carbons (Fsp3) is 0.389. The molecule has 0 radical (unpaired) electrons. The highest BCUT2D eigenvalue weighted by Gasteiger charge is 2.39. The summed E-state index contributed by atoms with van der Waals surface area (Å²) in [6, 6.07) is 1.49. The van der Waals surface area contributed by atoms with E-state index in [1.165, 1.54) is 5.41 Å². The summed E-state index contributed by atoms with van der Waals surface area (Å²) in [6.07, 6.45) is 2.18.